The molecule has 9 nitrogen and oxygen atoms in total. The molecule has 1 heterocycles. The highest BCUT2D eigenvalue weighted by Gasteiger charge is 2.34. The number of unbranched alkanes of at least 4 members (excludes halogenated alkanes) is 1. The molecular formula is C22H22N2O7. The molecule has 1 aliphatic rings. The molecule has 0 spiro atoms. The number of carbonyl (C=O) groups excluding carboxylic acids is 3. The first-order chi connectivity index (χ1) is 14.9. The van der Waals surface area contributed by atoms with E-state index in [0.717, 1.165) is 0 Å². The van der Waals surface area contributed by atoms with Crippen molar-refractivity contribution in [3.63, 3.8) is 0 Å². The van der Waals surface area contributed by atoms with Crippen LogP contribution in [0.5, 0.6) is 5.75 Å². The lowest BCUT2D eigenvalue weighted by Crippen LogP contribution is -2.32. The summed E-state index contributed by atoms with van der Waals surface area (Å²) in [6.07, 6.45) is 0.0657. The van der Waals surface area contributed by atoms with Gasteiger partial charge in [-0.1, -0.05) is 24.3 Å². The molecule has 3 rings (SSSR count). The van der Waals surface area contributed by atoms with Crippen molar-refractivity contribution >= 4 is 23.5 Å². The van der Waals surface area contributed by atoms with Crippen LogP contribution in [-0.4, -0.2) is 46.9 Å². The summed E-state index contributed by atoms with van der Waals surface area (Å²) in [5, 5.41) is 11.2. The normalized spacial score (nSPS) is 13.6. The molecule has 162 valence electrons. The monoisotopic (exact) mass is 426 g/mol. The molecule has 1 aliphatic heterocycles. The summed E-state index contributed by atoms with van der Waals surface area (Å²) in [7, 11) is 0. The SMILES string of the molecule is CCOC(=O)C(CCCCN1C(=O)c2ccccc2C1=O)Oc1ccccc1[N+](=O)[O-]. The van der Waals surface area contributed by atoms with Gasteiger partial charge in [-0.2, -0.15) is 0 Å². The number of hydrogen-bond acceptors (Lipinski definition) is 7. The minimum absolute atomic E-state index is 0.0223. The lowest BCUT2D eigenvalue weighted by molar-refractivity contribution is -0.386. The number of nitrogens with zero attached hydrogens (tertiary/aromatic N) is 2. The van der Waals surface area contributed by atoms with Crippen LogP contribution < -0.4 is 4.74 Å². The van der Waals surface area contributed by atoms with E-state index in [1.54, 1.807) is 37.3 Å². The summed E-state index contributed by atoms with van der Waals surface area (Å²) < 4.78 is 10.7. The van der Waals surface area contributed by atoms with E-state index in [1.165, 1.54) is 23.1 Å². The summed E-state index contributed by atoms with van der Waals surface area (Å²) >= 11 is 0. The summed E-state index contributed by atoms with van der Waals surface area (Å²) in [4.78, 5) is 48.9. The molecule has 0 saturated carbocycles. The van der Waals surface area contributed by atoms with Crippen molar-refractivity contribution in [1.29, 1.82) is 0 Å². The number of carbonyl (C=O) groups is 3. The van der Waals surface area contributed by atoms with Gasteiger partial charge >= 0.3 is 11.7 Å². The maximum atomic E-state index is 12.4. The molecule has 1 unspecified atom stereocenters. The smallest absolute Gasteiger partial charge is 0.347 e. The molecular weight excluding hydrogens is 404 g/mol. The van der Waals surface area contributed by atoms with Crippen LogP contribution in [0.15, 0.2) is 48.5 Å². The van der Waals surface area contributed by atoms with E-state index < -0.39 is 17.0 Å². The number of amides is 2. The lowest BCUT2D eigenvalue weighted by Gasteiger charge is -2.18. The number of rotatable bonds is 10. The minimum atomic E-state index is -1.04. The number of hydrogen-bond donors (Lipinski definition) is 0. The second kappa shape index (κ2) is 9.84. The van der Waals surface area contributed by atoms with Crippen LogP contribution in [0.3, 0.4) is 0 Å². The average molecular weight is 426 g/mol. The van der Waals surface area contributed by atoms with Crippen LogP contribution in [0.1, 0.15) is 46.9 Å². The topological polar surface area (TPSA) is 116 Å². The third-order valence-electron chi connectivity index (χ3n) is 4.86. The van der Waals surface area contributed by atoms with Crippen molar-refractivity contribution in [3.8, 4) is 5.75 Å². The summed E-state index contributed by atoms with van der Waals surface area (Å²) in [5.74, 6) is -1.32. The quantitative estimate of drug-likeness (QED) is 0.188. The highest BCUT2D eigenvalue weighted by Crippen LogP contribution is 2.28. The van der Waals surface area contributed by atoms with Gasteiger partial charge in [0.15, 0.2) is 11.9 Å². The number of nitro benzene ring substituents is 1. The van der Waals surface area contributed by atoms with Crippen LogP contribution in [0, 0.1) is 10.1 Å². The van der Waals surface area contributed by atoms with Gasteiger partial charge in [0, 0.05) is 12.6 Å². The van der Waals surface area contributed by atoms with Crippen LogP contribution in [0.2, 0.25) is 0 Å². The largest absolute Gasteiger partial charge is 0.472 e. The summed E-state index contributed by atoms with van der Waals surface area (Å²) in [5.41, 5.74) is 0.524. The predicted octanol–water partition coefficient (Wildman–Crippen LogP) is 3.37. The fourth-order valence-electron chi connectivity index (χ4n) is 3.36. The molecule has 1 atom stereocenters. The summed E-state index contributed by atoms with van der Waals surface area (Å²) in [6, 6.07) is 12.4. The Morgan fingerprint density at radius 3 is 2.26 bits per heavy atom. The van der Waals surface area contributed by atoms with Crippen molar-refractivity contribution in [3.05, 3.63) is 69.8 Å². The van der Waals surface area contributed by atoms with E-state index in [4.69, 9.17) is 9.47 Å². The molecule has 2 amide bonds. The molecule has 0 radical (unpaired) electrons. The summed E-state index contributed by atoms with van der Waals surface area (Å²) in [6.45, 7) is 2.00. The molecule has 31 heavy (non-hydrogen) atoms. The van der Waals surface area contributed by atoms with E-state index in [9.17, 15) is 24.5 Å². The van der Waals surface area contributed by atoms with Crippen molar-refractivity contribution < 1.29 is 28.8 Å². The number of benzene rings is 2. The van der Waals surface area contributed by atoms with Gasteiger partial charge in [0.05, 0.1) is 22.7 Å². The van der Waals surface area contributed by atoms with Gasteiger partial charge in [0.2, 0.25) is 0 Å². The molecule has 0 fully saturated rings. The number of nitro groups is 1. The lowest BCUT2D eigenvalue weighted by atomic mass is 10.1. The first-order valence-electron chi connectivity index (χ1n) is 9.96. The van der Waals surface area contributed by atoms with Gasteiger partial charge in [-0.25, -0.2) is 4.79 Å². The fourth-order valence-corrected chi connectivity index (χ4v) is 3.36. The fraction of sp³-hybridized carbons (Fsp3) is 0.318. The van der Waals surface area contributed by atoms with E-state index in [0.29, 0.717) is 24.0 Å². The van der Waals surface area contributed by atoms with Gasteiger partial charge < -0.3 is 9.47 Å². The Morgan fingerprint density at radius 1 is 1.03 bits per heavy atom. The molecule has 0 saturated heterocycles. The van der Waals surface area contributed by atoms with Crippen LogP contribution in [0.4, 0.5) is 5.69 Å². The van der Waals surface area contributed by atoms with Gasteiger partial charge in [0.1, 0.15) is 0 Å². The molecule has 0 aliphatic carbocycles. The Balaban J connectivity index is 1.61. The highest BCUT2D eigenvalue weighted by molar-refractivity contribution is 6.21. The second-order valence-electron chi connectivity index (χ2n) is 6.89. The number of fused-ring (bicyclic) bond motifs is 1. The first kappa shape index (κ1) is 21.9. The number of para-hydroxylation sites is 2. The zero-order chi connectivity index (χ0) is 22.4. The van der Waals surface area contributed by atoms with Gasteiger partial charge in [-0.05, 0) is 44.4 Å². The molecule has 0 bridgehead atoms. The second-order valence-corrected chi connectivity index (χ2v) is 6.89. The van der Waals surface area contributed by atoms with Crippen molar-refractivity contribution in [2.24, 2.45) is 0 Å². The van der Waals surface area contributed by atoms with E-state index in [-0.39, 0.29) is 42.8 Å². The third-order valence-corrected chi connectivity index (χ3v) is 4.86. The number of imide groups is 1. The Bertz CT molecular complexity index is 970. The van der Waals surface area contributed by atoms with Gasteiger partial charge in [0.25, 0.3) is 11.8 Å². The average Bonchev–Trinajstić information content (AvgIpc) is 3.01. The van der Waals surface area contributed by atoms with Gasteiger partial charge in [-0.3, -0.25) is 24.6 Å². The third kappa shape index (κ3) is 4.88. The van der Waals surface area contributed by atoms with Crippen molar-refractivity contribution in [1.82, 2.24) is 4.90 Å². The Hall–Kier alpha value is -3.75. The molecule has 0 N–H and O–H groups in total. The highest BCUT2D eigenvalue weighted by atomic mass is 16.6. The Morgan fingerprint density at radius 2 is 1.65 bits per heavy atom. The number of esters is 1. The maximum absolute atomic E-state index is 12.4. The van der Waals surface area contributed by atoms with E-state index >= 15 is 0 Å². The van der Waals surface area contributed by atoms with Gasteiger partial charge in [-0.15, -0.1) is 0 Å². The van der Waals surface area contributed by atoms with E-state index in [2.05, 4.69) is 0 Å². The standard InChI is InChI=1S/C22H22N2O7/c1-2-30-22(27)19(31-18-12-6-5-11-17(18)24(28)29)13-7-8-14-23-20(25)15-9-3-4-10-16(15)21(23)26/h3-6,9-12,19H,2,7-8,13-14H2,1H3. The van der Waals surface area contributed by atoms with Crippen LogP contribution in [0.25, 0.3) is 0 Å². The Kier molecular flexibility index (Phi) is 6.96. The molecule has 2 aromatic carbocycles. The Labute approximate surface area is 178 Å². The van der Waals surface area contributed by atoms with Crippen molar-refractivity contribution in [2.75, 3.05) is 13.2 Å². The minimum Gasteiger partial charge on any atom is -0.472 e. The first-order valence-corrected chi connectivity index (χ1v) is 9.96. The van der Waals surface area contributed by atoms with Crippen LogP contribution >= 0.6 is 0 Å². The predicted molar refractivity (Wildman–Crippen MR) is 110 cm³/mol. The van der Waals surface area contributed by atoms with Crippen molar-refractivity contribution in [2.45, 2.75) is 32.3 Å². The molecule has 2 aromatic rings. The zero-order valence-corrected chi connectivity index (χ0v) is 17.0. The van der Waals surface area contributed by atoms with E-state index in [1.807, 2.05) is 0 Å². The molecule has 9 heteroatoms. The zero-order valence-electron chi connectivity index (χ0n) is 17.0. The number of ether oxygens (including phenoxy) is 2. The van der Waals surface area contributed by atoms with Crippen LogP contribution in [-0.2, 0) is 9.53 Å². The molecule has 0 aromatic heterocycles. The maximum Gasteiger partial charge on any atom is 0.347 e.